The summed E-state index contributed by atoms with van der Waals surface area (Å²) in [5, 5.41) is 12.0. The van der Waals surface area contributed by atoms with Crippen molar-refractivity contribution in [2.75, 3.05) is 13.1 Å². The topological polar surface area (TPSA) is 68.8 Å². The Labute approximate surface area is 122 Å². The highest BCUT2D eigenvalue weighted by atomic mass is 35.5. The molecule has 0 radical (unpaired) electrons. The van der Waals surface area contributed by atoms with Gasteiger partial charge in [0.15, 0.2) is 0 Å². The number of hydrogen-bond donors (Lipinski definition) is 1. The molecule has 1 atom stereocenters. The second kappa shape index (κ2) is 5.93. The zero-order valence-corrected chi connectivity index (χ0v) is 12.2. The molecule has 20 heavy (non-hydrogen) atoms. The van der Waals surface area contributed by atoms with Crippen LogP contribution in [0.2, 0.25) is 5.15 Å². The zero-order valence-electron chi connectivity index (χ0n) is 11.5. The molecule has 1 aliphatic rings. The van der Waals surface area contributed by atoms with E-state index in [1.54, 1.807) is 17.9 Å². The number of halogens is 1. The van der Waals surface area contributed by atoms with Crippen LogP contribution in [0.1, 0.15) is 25.2 Å². The van der Waals surface area contributed by atoms with Crippen molar-refractivity contribution in [3.8, 4) is 11.4 Å². The molecule has 3 rings (SSSR count). The first-order valence-electron chi connectivity index (χ1n) is 6.95. The van der Waals surface area contributed by atoms with Gasteiger partial charge in [0.2, 0.25) is 11.7 Å². The van der Waals surface area contributed by atoms with Crippen LogP contribution in [-0.2, 0) is 13.5 Å². The van der Waals surface area contributed by atoms with Crippen molar-refractivity contribution in [1.29, 1.82) is 0 Å². The van der Waals surface area contributed by atoms with Gasteiger partial charge in [-0.2, -0.15) is 10.1 Å². The van der Waals surface area contributed by atoms with Crippen LogP contribution in [0.15, 0.2) is 10.7 Å². The summed E-state index contributed by atoms with van der Waals surface area (Å²) < 4.78 is 6.94. The van der Waals surface area contributed by atoms with Crippen LogP contribution in [0.5, 0.6) is 0 Å². The van der Waals surface area contributed by atoms with Crippen LogP contribution < -0.4 is 5.32 Å². The van der Waals surface area contributed by atoms with E-state index in [2.05, 4.69) is 20.6 Å². The molecule has 1 saturated heterocycles. The minimum Gasteiger partial charge on any atom is -0.339 e. The van der Waals surface area contributed by atoms with E-state index in [9.17, 15) is 0 Å². The van der Waals surface area contributed by atoms with Crippen molar-refractivity contribution in [2.45, 2.75) is 25.7 Å². The summed E-state index contributed by atoms with van der Waals surface area (Å²) in [6, 6.07) is 0. The minimum absolute atomic E-state index is 0.518. The number of aryl methyl sites for hydroxylation is 1. The van der Waals surface area contributed by atoms with E-state index in [-0.39, 0.29) is 0 Å². The van der Waals surface area contributed by atoms with E-state index in [1.807, 2.05) is 0 Å². The predicted octanol–water partition coefficient (Wildman–Crippen LogP) is 2.06. The van der Waals surface area contributed by atoms with Crippen LogP contribution >= 0.6 is 11.6 Å². The maximum absolute atomic E-state index is 6.14. The van der Waals surface area contributed by atoms with E-state index in [1.165, 1.54) is 12.8 Å². The number of nitrogens with one attached hydrogen (secondary N) is 1. The molecule has 3 heterocycles. The third-order valence-electron chi connectivity index (χ3n) is 3.73. The SMILES string of the molecule is Cn1ncc(-c2noc(CC3CCCNCC3)n2)c1Cl. The molecule has 0 saturated carbocycles. The largest absolute Gasteiger partial charge is 0.339 e. The molecule has 7 heteroatoms. The van der Waals surface area contributed by atoms with Crippen molar-refractivity contribution in [2.24, 2.45) is 13.0 Å². The number of rotatable bonds is 3. The highest BCUT2D eigenvalue weighted by Gasteiger charge is 2.19. The lowest BCUT2D eigenvalue weighted by molar-refractivity contribution is 0.341. The van der Waals surface area contributed by atoms with Gasteiger partial charge in [-0.05, 0) is 38.3 Å². The summed E-state index contributed by atoms with van der Waals surface area (Å²) in [4.78, 5) is 4.44. The lowest BCUT2D eigenvalue weighted by Crippen LogP contribution is -2.14. The second-order valence-corrected chi connectivity index (χ2v) is 5.59. The molecule has 0 aliphatic carbocycles. The van der Waals surface area contributed by atoms with Crippen LogP contribution in [0.4, 0.5) is 0 Å². The van der Waals surface area contributed by atoms with E-state index < -0.39 is 0 Å². The summed E-state index contributed by atoms with van der Waals surface area (Å²) in [6.07, 6.45) is 6.07. The van der Waals surface area contributed by atoms with Crippen LogP contribution in [0.3, 0.4) is 0 Å². The normalized spacial score (nSPS) is 20.0. The molecule has 0 amide bonds. The van der Waals surface area contributed by atoms with E-state index >= 15 is 0 Å². The van der Waals surface area contributed by atoms with E-state index in [4.69, 9.17) is 16.1 Å². The first-order chi connectivity index (χ1) is 9.74. The second-order valence-electron chi connectivity index (χ2n) is 5.24. The van der Waals surface area contributed by atoms with Crippen LogP contribution in [0, 0.1) is 5.92 Å². The molecule has 108 valence electrons. The Hall–Kier alpha value is -1.40. The summed E-state index contributed by atoms with van der Waals surface area (Å²) in [5.41, 5.74) is 0.715. The Bertz CT molecular complexity index is 571. The highest BCUT2D eigenvalue weighted by Crippen LogP contribution is 2.25. The number of hydrogen-bond acceptors (Lipinski definition) is 5. The van der Waals surface area contributed by atoms with Crippen LogP contribution in [0.25, 0.3) is 11.4 Å². The number of aromatic nitrogens is 4. The molecule has 0 bridgehead atoms. The van der Waals surface area contributed by atoms with Crippen molar-refractivity contribution >= 4 is 11.6 Å². The van der Waals surface area contributed by atoms with Crippen molar-refractivity contribution in [3.05, 3.63) is 17.2 Å². The molecule has 1 N–H and O–H groups in total. The Morgan fingerprint density at radius 2 is 2.35 bits per heavy atom. The van der Waals surface area contributed by atoms with Gasteiger partial charge in [-0.15, -0.1) is 0 Å². The Morgan fingerprint density at radius 3 is 3.15 bits per heavy atom. The Kier molecular flexibility index (Phi) is 4.03. The van der Waals surface area contributed by atoms with Gasteiger partial charge in [-0.1, -0.05) is 16.8 Å². The van der Waals surface area contributed by atoms with Gasteiger partial charge in [-0.3, -0.25) is 4.68 Å². The molecule has 2 aromatic heterocycles. The number of nitrogens with zero attached hydrogens (tertiary/aromatic N) is 4. The van der Waals surface area contributed by atoms with Gasteiger partial charge >= 0.3 is 0 Å². The first kappa shape index (κ1) is 13.6. The monoisotopic (exact) mass is 295 g/mol. The molecule has 0 spiro atoms. The minimum atomic E-state index is 0.518. The molecule has 1 aliphatic heterocycles. The van der Waals surface area contributed by atoms with Crippen molar-refractivity contribution in [1.82, 2.24) is 25.2 Å². The molecule has 6 nitrogen and oxygen atoms in total. The van der Waals surface area contributed by atoms with Crippen molar-refractivity contribution < 1.29 is 4.52 Å². The summed E-state index contributed by atoms with van der Waals surface area (Å²) in [5.74, 6) is 1.82. The Morgan fingerprint density at radius 1 is 1.45 bits per heavy atom. The third-order valence-corrected chi connectivity index (χ3v) is 4.18. The average Bonchev–Trinajstić information content (AvgIpc) is 2.91. The van der Waals surface area contributed by atoms with Crippen molar-refractivity contribution in [3.63, 3.8) is 0 Å². The fourth-order valence-corrected chi connectivity index (χ4v) is 2.74. The smallest absolute Gasteiger partial charge is 0.227 e. The highest BCUT2D eigenvalue weighted by molar-refractivity contribution is 6.32. The van der Waals surface area contributed by atoms with E-state index in [0.717, 1.165) is 25.9 Å². The lowest BCUT2D eigenvalue weighted by atomic mass is 9.97. The maximum atomic E-state index is 6.14. The molecule has 2 aromatic rings. The van der Waals surface area contributed by atoms with Crippen LogP contribution in [-0.4, -0.2) is 33.0 Å². The Balaban J connectivity index is 1.71. The first-order valence-corrected chi connectivity index (χ1v) is 7.33. The van der Waals surface area contributed by atoms with Gasteiger partial charge in [0.25, 0.3) is 0 Å². The molecular formula is C13H18ClN5O. The van der Waals surface area contributed by atoms with Gasteiger partial charge in [0.1, 0.15) is 5.15 Å². The predicted molar refractivity (Wildman–Crippen MR) is 75.4 cm³/mol. The lowest BCUT2D eigenvalue weighted by Gasteiger charge is -2.09. The van der Waals surface area contributed by atoms with Gasteiger partial charge < -0.3 is 9.84 Å². The van der Waals surface area contributed by atoms with Gasteiger partial charge in [0, 0.05) is 13.5 Å². The maximum Gasteiger partial charge on any atom is 0.227 e. The van der Waals surface area contributed by atoms with Gasteiger partial charge in [-0.25, -0.2) is 0 Å². The fourth-order valence-electron chi connectivity index (χ4n) is 2.56. The zero-order chi connectivity index (χ0) is 13.9. The summed E-state index contributed by atoms with van der Waals surface area (Å²) in [6.45, 7) is 2.18. The molecule has 1 fully saturated rings. The van der Waals surface area contributed by atoms with Gasteiger partial charge in [0.05, 0.1) is 11.8 Å². The average molecular weight is 296 g/mol. The summed E-state index contributed by atoms with van der Waals surface area (Å²) in [7, 11) is 1.78. The molecule has 0 aromatic carbocycles. The summed E-state index contributed by atoms with van der Waals surface area (Å²) >= 11 is 6.14. The van der Waals surface area contributed by atoms with E-state index in [0.29, 0.717) is 28.3 Å². The molecular weight excluding hydrogens is 278 g/mol. The molecule has 1 unspecified atom stereocenters. The standard InChI is InChI=1S/C13H18ClN5O/c1-19-12(14)10(8-16-19)13-17-11(20-18-13)7-9-3-2-5-15-6-4-9/h8-9,15H,2-7H2,1H3. The quantitative estimate of drug-likeness (QED) is 0.938. The third kappa shape index (κ3) is 2.86. The fraction of sp³-hybridized carbons (Fsp3) is 0.615.